The van der Waals surface area contributed by atoms with Gasteiger partial charge in [-0.15, -0.1) is 0 Å². The van der Waals surface area contributed by atoms with E-state index in [1.54, 1.807) is 24.3 Å². The quantitative estimate of drug-likeness (QED) is 0.782. The van der Waals surface area contributed by atoms with Gasteiger partial charge in [0, 0.05) is 12.6 Å². The second-order valence-corrected chi connectivity index (χ2v) is 4.45. The maximum atomic E-state index is 12.7. The minimum atomic E-state index is -0.258. The molecule has 0 fully saturated rings. The third-order valence-electron chi connectivity index (χ3n) is 2.96. The van der Waals surface area contributed by atoms with E-state index in [9.17, 15) is 9.18 Å². The third kappa shape index (κ3) is 3.72. The van der Waals surface area contributed by atoms with Crippen molar-refractivity contribution in [2.24, 2.45) is 0 Å². The van der Waals surface area contributed by atoms with E-state index in [0.29, 0.717) is 24.1 Å². The van der Waals surface area contributed by atoms with Crippen LogP contribution in [0.4, 0.5) is 4.39 Å². The number of aromatic nitrogens is 1. The third-order valence-corrected chi connectivity index (χ3v) is 2.96. The van der Waals surface area contributed by atoms with E-state index in [4.69, 9.17) is 5.26 Å². The van der Waals surface area contributed by atoms with Gasteiger partial charge in [0.1, 0.15) is 17.6 Å². The lowest BCUT2D eigenvalue weighted by molar-refractivity contribution is 0.0975. The molecule has 100 valence electrons. The van der Waals surface area contributed by atoms with Crippen molar-refractivity contribution in [2.45, 2.75) is 19.3 Å². The highest BCUT2D eigenvalue weighted by molar-refractivity contribution is 5.94. The van der Waals surface area contributed by atoms with Crippen molar-refractivity contribution in [1.82, 2.24) is 4.98 Å². The summed E-state index contributed by atoms with van der Waals surface area (Å²) in [5, 5.41) is 8.65. The van der Waals surface area contributed by atoms with Gasteiger partial charge in [0.05, 0.1) is 5.56 Å². The van der Waals surface area contributed by atoms with Crippen LogP contribution < -0.4 is 0 Å². The molecule has 0 aliphatic carbocycles. The molecular formula is C16H13FN2O. The van der Waals surface area contributed by atoms with Crippen LogP contribution >= 0.6 is 0 Å². The van der Waals surface area contributed by atoms with Gasteiger partial charge in [0.2, 0.25) is 0 Å². The first-order chi connectivity index (χ1) is 9.69. The van der Waals surface area contributed by atoms with Crippen LogP contribution in [0.25, 0.3) is 0 Å². The fraction of sp³-hybridized carbons (Fsp3) is 0.188. The van der Waals surface area contributed by atoms with Gasteiger partial charge in [-0.1, -0.05) is 12.1 Å². The van der Waals surface area contributed by atoms with E-state index >= 15 is 0 Å². The molecule has 2 rings (SSSR count). The summed E-state index contributed by atoms with van der Waals surface area (Å²) in [5.41, 5.74) is 1.82. The Morgan fingerprint density at radius 3 is 2.55 bits per heavy atom. The minimum Gasteiger partial charge on any atom is -0.292 e. The fourth-order valence-electron chi connectivity index (χ4n) is 1.86. The van der Waals surface area contributed by atoms with Gasteiger partial charge in [-0.25, -0.2) is 4.39 Å². The number of nitriles is 1. The number of carbonyl (C=O) groups excluding carboxylic acids is 1. The molecule has 1 aromatic carbocycles. The van der Waals surface area contributed by atoms with Crippen molar-refractivity contribution in [3.8, 4) is 6.07 Å². The predicted molar refractivity (Wildman–Crippen MR) is 72.6 cm³/mol. The fourth-order valence-corrected chi connectivity index (χ4v) is 1.86. The molecule has 4 heteroatoms. The Kier molecular flexibility index (Phi) is 4.56. The van der Waals surface area contributed by atoms with Gasteiger partial charge < -0.3 is 0 Å². The standard InChI is InChI=1S/C16H13FN2O/c17-14-7-4-12(5-8-14)2-1-3-16(20)15-9-6-13(10-18)11-19-15/h4-9,11H,1-3H2. The largest absolute Gasteiger partial charge is 0.292 e. The van der Waals surface area contributed by atoms with Crippen LogP contribution in [0.1, 0.15) is 34.5 Å². The molecule has 0 amide bonds. The average Bonchev–Trinajstić information content (AvgIpc) is 2.49. The molecule has 1 heterocycles. The van der Waals surface area contributed by atoms with Gasteiger partial charge >= 0.3 is 0 Å². The van der Waals surface area contributed by atoms with Crippen molar-refractivity contribution < 1.29 is 9.18 Å². The first kappa shape index (κ1) is 13.9. The topological polar surface area (TPSA) is 53.8 Å². The number of rotatable bonds is 5. The van der Waals surface area contributed by atoms with Crippen LogP contribution in [0.3, 0.4) is 0 Å². The number of hydrogen-bond donors (Lipinski definition) is 0. The van der Waals surface area contributed by atoms with Crippen molar-refractivity contribution in [1.29, 1.82) is 5.26 Å². The van der Waals surface area contributed by atoms with Crippen LogP contribution in [-0.2, 0) is 6.42 Å². The molecule has 0 N–H and O–H groups in total. The number of aryl methyl sites for hydroxylation is 1. The normalized spacial score (nSPS) is 10.0. The summed E-state index contributed by atoms with van der Waals surface area (Å²) in [6.45, 7) is 0. The zero-order valence-corrected chi connectivity index (χ0v) is 10.8. The lowest BCUT2D eigenvalue weighted by Crippen LogP contribution is -2.02. The van der Waals surface area contributed by atoms with Gasteiger partial charge in [0.25, 0.3) is 0 Å². The molecule has 1 aromatic heterocycles. The lowest BCUT2D eigenvalue weighted by Gasteiger charge is -2.02. The summed E-state index contributed by atoms with van der Waals surface area (Å²) in [5.74, 6) is -0.303. The lowest BCUT2D eigenvalue weighted by atomic mass is 10.0. The number of Topliss-reactive ketones (excluding diaryl/α,β-unsaturated/α-hetero) is 1. The Labute approximate surface area is 116 Å². The van der Waals surface area contributed by atoms with Gasteiger partial charge in [-0.3, -0.25) is 9.78 Å². The van der Waals surface area contributed by atoms with E-state index in [0.717, 1.165) is 12.0 Å². The summed E-state index contributed by atoms with van der Waals surface area (Å²) in [7, 11) is 0. The number of carbonyl (C=O) groups is 1. The number of halogens is 1. The Morgan fingerprint density at radius 1 is 1.20 bits per heavy atom. The highest BCUT2D eigenvalue weighted by Crippen LogP contribution is 2.09. The van der Waals surface area contributed by atoms with E-state index < -0.39 is 0 Å². The second-order valence-electron chi connectivity index (χ2n) is 4.45. The van der Waals surface area contributed by atoms with Crippen LogP contribution in [0, 0.1) is 17.1 Å². The van der Waals surface area contributed by atoms with Crippen molar-refractivity contribution in [2.75, 3.05) is 0 Å². The summed E-state index contributed by atoms with van der Waals surface area (Å²) in [6.07, 6.45) is 3.19. The Bertz CT molecular complexity index is 627. The number of benzene rings is 1. The summed E-state index contributed by atoms with van der Waals surface area (Å²) in [4.78, 5) is 15.8. The van der Waals surface area contributed by atoms with E-state index in [1.165, 1.54) is 18.3 Å². The molecule has 0 saturated carbocycles. The molecular weight excluding hydrogens is 255 g/mol. The van der Waals surface area contributed by atoms with Crippen LogP contribution in [0.5, 0.6) is 0 Å². The van der Waals surface area contributed by atoms with Crippen molar-refractivity contribution in [3.05, 3.63) is 65.2 Å². The molecule has 0 aliphatic heterocycles. The van der Waals surface area contributed by atoms with E-state index in [2.05, 4.69) is 4.98 Å². The Morgan fingerprint density at radius 2 is 1.95 bits per heavy atom. The van der Waals surface area contributed by atoms with Crippen LogP contribution in [0.2, 0.25) is 0 Å². The maximum Gasteiger partial charge on any atom is 0.181 e. The Balaban J connectivity index is 1.85. The Hall–Kier alpha value is -2.54. The van der Waals surface area contributed by atoms with Crippen molar-refractivity contribution >= 4 is 5.78 Å². The molecule has 20 heavy (non-hydrogen) atoms. The first-order valence-corrected chi connectivity index (χ1v) is 6.33. The highest BCUT2D eigenvalue weighted by atomic mass is 19.1. The molecule has 0 atom stereocenters. The molecule has 0 radical (unpaired) electrons. The molecule has 2 aromatic rings. The first-order valence-electron chi connectivity index (χ1n) is 6.33. The van der Waals surface area contributed by atoms with Gasteiger partial charge in [-0.2, -0.15) is 5.26 Å². The maximum absolute atomic E-state index is 12.7. The number of hydrogen-bond acceptors (Lipinski definition) is 3. The number of pyridine rings is 1. The molecule has 0 spiro atoms. The molecule has 0 bridgehead atoms. The molecule has 3 nitrogen and oxygen atoms in total. The smallest absolute Gasteiger partial charge is 0.181 e. The second kappa shape index (κ2) is 6.58. The molecule has 0 saturated heterocycles. The summed E-state index contributed by atoms with van der Waals surface area (Å²) < 4.78 is 12.7. The van der Waals surface area contributed by atoms with Crippen LogP contribution in [0.15, 0.2) is 42.6 Å². The number of nitrogens with zero attached hydrogens (tertiary/aromatic N) is 2. The predicted octanol–water partition coefficient (Wildman–Crippen LogP) is 3.30. The minimum absolute atomic E-state index is 0.0448. The molecule has 0 aliphatic rings. The zero-order chi connectivity index (χ0) is 14.4. The summed E-state index contributed by atoms with van der Waals surface area (Å²) >= 11 is 0. The SMILES string of the molecule is N#Cc1ccc(C(=O)CCCc2ccc(F)cc2)nc1. The molecule has 0 unspecified atom stereocenters. The van der Waals surface area contributed by atoms with E-state index in [1.807, 2.05) is 6.07 Å². The summed E-state index contributed by atoms with van der Waals surface area (Å²) in [6, 6.07) is 11.4. The monoisotopic (exact) mass is 268 g/mol. The van der Waals surface area contributed by atoms with Gasteiger partial charge in [-0.05, 0) is 42.7 Å². The average molecular weight is 268 g/mol. The number of ketones is 1. The van der Waals surface area contributed by atoms with Crippen LogP contribution in [-0.4, -0.2) is 10.8 Å². The van der Waals surface area contributed by atoms with E-state index in [-0.39, 0.29) is 11.6 Å². The van der Waals surface area contributed by atoms with Gasteiger partial charge in [0.15, 0.2) is 5.78 Å². The van der Waals surface area contributed by atoms with Crippen molar-refractivity contribution in [3.63, 3.8) is 0 Å². The zero-order valence-electron chi connectivity index (χ0n) is 10.8. The highest BCUT2D eigenvalue weighted by Gasteiger charge is 2.07.